The van der Waals surface area contributed by atoms with E-state index in [9.17, 15) is 14.9 Å². The third kappa shape index (κ3) is 2.68. The molecule has 0 unspecified atom stereocenters. The van der Waals surface area contributed by atoms with E-state index in [1.165, 1.54) is 6.92 Å². The lowest BCUT2D eigenvalue weighted by Gasteiger charge is -2.08. The van der Waals surface area contributed by atoms with Crippen LogP contribution >= 0.6 is 23.2 Å². The predicted octanol–water partition coefficient (Wildman–Crippen LogP) is 3.39. The maximum Gasteiger partial charge on any atom is 0.339 e. The number of carbonyl (C=O) groups excluding carboxylic acids is 1. The van der Waals surface area contributed by atoms with Crippen LogP contribution in [0.3, 0.4) is 0 Å². The number of ether oxygens (including phenoxy) is 1. The number of nitro benzene ring substituents is 1. The average Bonchev–Trinajstić information content (AvgIpc) is 2.26. The molecule has 0 spiro atoms. The number of nitro groups is 1. The highest BCUT2D eigenvalue weighted by Gasteiger charge is 2.24. The van der Waals surface area contributed by atoms with Gasteiger partial charge in [-0.3, -0.25) is 10.1 Å². The molecule has 1 rings (SSSR count). The molecule has 0 aliphatic heterocycles. The van der Waals surface area contributed by atoms with Crippen molar-refractivity contribution in [3.8, 4) is 0 Å². The molecule has 0 fully saturated rings. The van der Waals surface area contributed by atoms with Crippen LogP contribution in [0.15, 0.2) is 6.07 Å². The molecule has 0 atom stereocenters. The largest absolute Gasteiger partial charge is 0.462 e. The first-order chi connectivity index (χ1) is 7.90. The molecule has 0 radical (unpaired) electrons. The Morgan fingerprint density at radius 1 is 1.47 bits per heavy atom. The minimum atomic E-state index is -0.708. The Morgan fingerprint density at radius 2 is 2.06 bits per heavy atom. The van der Waals surface area contributed by atoms with Crippen LogP contribution in [0.4, 0.5) is 5.69 Å². The molecule has 1 aromatic carbocycles. The summed E-state index contributed by atoms with van der Waals surface area (Å²) in [6, 6.07) is 1.02. The molecule has 0 aliphatic carbocycles. The minimum Gasteiger partial charge on any atom is -0.462 e. The Balaban J connectivity index is 3.42. The fraction of sp³-hybridized carbons (Fsp3) is 0.300. The van der Waals surface area contributed by atoms with Crippen LogP contribution in [0.5, 0.6) is 0 Å². The molecule has 0 N–H and O–H groups in total. The van der Waals surface area contributed by atoms with Crippen LogP contribution in [0, 0.1) is 17.0 Å². The van der Waals surface area contributed by atoms with Crippen LogP contribution in [0.25, 0.3) is 0 Å². The van der Waals surface area contributed by atoms with Crippen molar-refractivity contribution < 1.29 is 14.5 Å². The van der Waals surface area contributed by atoms with Crippen LogP contribution < -0.4 is 0 Å². The summed E-state index contributed by atoms with van der Waals surface area (Å²) < 4.78 is 4.75. The lowest BCUT2D eigenvalue weighted by atomic mass is 10.1. The maximum absolute atomic E-state index is 11.5. The Kier molecular flexibility index (Phi) is 4.31. The molecule has 0 heterocycles. The fourth-order valence-electron chi connectivity index (χ4n) is 1.24. The van der Waals surface area contributed by atoms with Crippen molar-refractivity contribution in [3.05, 3.63) is 37.4 Å². The van der Waals surface area contributed by atoms with Crippen LogP contribution in [-0.2, 0) is 4.74 Å². The molecule has 0 saturated heterocycles. The van der Waals surface area contributed by atoms with Gasteiger partial charge < -0.3 is 4.74 Å². The van der Waals surface area contributed by atoms with Gasteiger partial charge in [0.1, 0.15) is 5.02 Å². The minimum absolute atomic E-state index is 0.0536. The van der Waals surface area contributed by atoms with Crippen molar-refractivity contribution in [2.24, 2.45) is 0 Å². The summed E-state index contributed by atoms with van der Waals surface area (Å²) in [5, 5.41) is 10.7. The van der Waals surface area contributed by atoms with Crippen molar-refractivity contribution in [1.29, 1.82) is 0 Å². The van der Waals surface area contributed by atoms with Gasteiger partial charge in [0.25, 0.3) is 5.69 Å². The van der Waals surface area contributed by atoms with E-state index in [0.29, 0.717) is 0 Å². The van der Waals surface area contributed by atoms with Crippen LogP contribution in [0.2, 0.25) is 10.0 Å². The van der Waals surface area contributed by atoms with Gasteiger partial charge in [-0.2, -0.15) is 0 Å². The second-order valence-electron chi connectivity index (χ2n) is 3.17. The third-order valence-electron chi connectivity index (χ3n) is 2.09. The standard InChI is InChI=1S/C10H9Cl2NO4/c1-3-17-10(14)6-4-7(13(15)16)9(12)5(2)8(6)11/h4H,3H2,1-2H3. The number of nitrogens with zero attached hydrogens (tertiary/aromatic N) is 1. The van der Waals surface area contributed by atoms with Crippen LogP contribution in [0.1, 0.15) is 22.8 Å². The summed E-state index contributed by atoms with van der Waals surface area (Å²) in [5.41, 5.74) is -0.135. The van der Waals surface area contributed by atoms with E-state index in [4.69, 9.17) is 27.9 Å². The normalized spacial score (nSPS) is 10.1. The smallest absolute Gasteiger partial charge is 0.339 e. The number of benzene rings is 1. The molecule has 0 aliphatic rings. The highest BCUT2D eigenvalue weighted by molar-refractivity contribution is 6.39. The van der Waals surface area contributed by atoms with E-state index >= 15 is 0 Å². The quantitative estimate of drug-likeness (QED) is 0.482. The van der Waals surface area contributed by atoms with Crippen molar-refractivity contribution in [2.45, 2.75) is 13.8 Å². The van der Waals surface area contributed by atoms with Gasteiger partial charge in [-0.15, -0.1) is 0 Å². The number of hydrogen-bond donors (Lipinski definition) is 0. The fourth-order valence-corrected chi connectivity index (χ4v) is 1.74. The van der Waals surface area contributed by atoms with Gasteiger partial charge in [0.05, 0.1) is 22.1 Å². The average molecular weight is 278 g/mol. The summed E-state index contributed by atoms with van der Waals surface area (Å²) in [6.45, 7) is 3.29. The first-order valence-electron chi connectivity index (χ1n) is 4.70. The summed E-state index contributed by atoms with van der Waals surface area (Å²) in [4.78, 5) is 21.6. The highest BCUT2D eigenvalue weighted by Crippen LogP contribution is 2.35. The maximum atomic E-state index is 11.5. The molecule has 0 aromatic heterocycles. The summed E-state index contributed by atoms with van der Waals surface area (Å²) >= 11 is 11.7. The molecule has 92 valence electrons. The molecule has 1 aromatic rings. The Hall–Kier alpha value is -1.33. The molecule has 17 heavy (non-hydrogen) atoms. The Bertz CT molecular complexity index is 488. The molecular formula is C10H9Cl2NO4. The monoisotopic (exact) mass is 277 g/mol. The number of halogens is 2. The van der Waals surface area contributed by atoms with Gasteiger partial charge in [-0.05, 0) is 19.4 Å². The number of hydrogen-bond acceptors (Lipinski definition) is 4. The number of rotatable bonds is 3. The van der Waals surface area contributed by atoms with Gasteiger partial charge in [-0.1, -0.05) is 23.2 Å². The first-order valence-corrected chi connectivity index (χ1v) is 5.45. The lowest BCUT2D eigenvalue weighted by Crippen LogP contribution is -2.07. The van der Waals surface area contributed by atoms with Crippen molar-refractivity contribution >= 4 is 34.9 Å². The topological polar surface area (TPSA) is 69.4 Å². The third-order valence-corrected chi connectivity index (χ3v) is 3.06. The SMILES string of the molecule is CCOC(=O)c1cc([N+](=O)[O-])c(Cl)c(C)c1Cl. The van der Waals surface area contributed by atoms with Crippen molar-refractivity contribution in [1.82, 2.24) is 0 Å². The van der Waals surface area contributed by atoms with E-state index in [1.54, 1.807) is 6.92 Å². The predicted molar refractivity (Wildman–Crippen MR) is 63.8 cm³/mol. The van der Waals surface area contributed by atoms with Gasteiger partial charge in [0, 0.05) is 6.07 Å². The van der Waals surface area contributed by atoms with Crippen LogP contribution in [-0.4, -0.2) is 17.5 Å². The second kappa shape index (κ2) is 5.33. The van der Waals surface area contributed by atoms with Gasteiger partial charge in [0.2, 0.25) is 0 Å². The number of esters is 1. The van der Waals surface area contributed by atoms with Gasteiger partial charge in [-0.25, -0.2) is 4.79 Å². The summed E-state index contributed by atoms with van der Waals surface area (Å²) in [5.74, 6) is -0.708. The number of carbonyl (C=O) groups is 1. The molecule has 7 heteroatoms. The Labute approximate surface area is 107 Å². The molecule has 0 amide bonds. The van der Waals surface area contributed by atoms with E-state index in [0.717, 1.165) is 6.07 Å². The lowest BCUT2D eigenvalue weighted by molar-refractivity contribution is -0.384. The van der Waals surface area contributed by atoms with Gasteiger partial charge in [0.15, 0.2) is 0 Å². The van der Waals surface area contributed by atoms with E-state index < -0.39 is 10.9 Å². The zero-order chi connectivity index (χ0) is 13.2. The molecule has 5 nitrogen and oxygen atoms in total. The van der Waals surface area contributed by atoms with Crippen molar-refractivity contribution in [2.75, 3.05) is 6.61 Å². The van der Waals surface area contributed by atoms with Gasteiger partial charge >= 0.3 is 5.97 Å². The summed E-state index contributed by atoms with van der Waals surface area (Å²) in [6.07, 6.45) is 0. The molecule has 0 saturated carbocycles. The zero-order valence-electron chi connectivity index (χ0n) is 9.12. The zero-order valence-corrected chi connectivity index (χ0v) is 10.6. The van der Waals surface area contributed by atoms with Crippen molar-refractivity contribution in [3.63, 3.8) is 0 Å². The van der Waals surface area contributed by atoms with E-state index in [2.05, 4.69) is 0 Å². The summed E-state index contributed by atoms with van der Waals surface area (Å²) in [7, 11) is 0. The van der Waals surface area contributed by atoms with E-state index in [-0.39, 0.29) is 33.5 Å². The Morgan fingerprint density at radius 3 is 2.53 bits per heavy atom. The molecule has 0 bridgehead atoms. The van der Waals surface area contributed by atoms with E-state index in [1.807, 2.05) is 0 Å². The highest BCUT2D eigenvalue weighted by atomic mass is 35.5. The first kappa shape index (κ1) is 13.7. The molecular weight excluding hydrogens is 269 g/mol. The second-order valence-corrected chi connectivity index (χ2v) is 3.93.